The van der Waals surface area contributed by atoms with Crippen LogP contribution < -0.4 is 10.2 Å². The highest BCUT2D eigenvalue weighted by Crippen LogP contribution is 2.27. The topological polar surface area (TPSA) is 49.4 Å². The van der Waals surface area contributed by atoms with E-state index in [1.165, 1.54) is 29.2 Å². The van der Waals surface area contributed by atoms with Crippen LogP contribution in [-0.4, -0.2) is 24.4 Å². The number of anilines is 1. The third-order valence-electron chi connectivity index (χ3n) is 3.64. The molecule has 1 saturated heterocycles. The van der Waals surface area contributed by atoms with Crippen molar-refractivity contribution >= 4 is 17.5 Å². The van der Waals surface area contributed by atoms with E-state index >= 15 is 0 Å². The molecule has 1 heterocycles. The van der Waals surface area contributed by atoms with Crippen LogP contribution in [0.4, 0.5) is 10.1 Å². The number of rotatable bonds is 5. The molecule has 1 aliphatic heterocycles. The molecule has 0 aliphatic carbocycles. The molecule has 2 amide bonds. The van der Waals surface area contributed by atoms with E-state index in [9.17, 15) is 14.0 Å². The van der Waals surface area contributed by atoms with Gasteiger partial charge in [0.2, 0.25) is 11.8 Å². The van der Waals surface area contributed by atoms with Gasteiger partial charge in [-0.25, -0.2) is 4.39 Å². The zero-order chi connectivity index (χ0) is 15.4. The van der Waals surface area contributed by atoms with Gasteiger partial charge >= 0.3 is 0 Å². The lowest BCUT2D eigenvalue weighted by molar-refractivity contribution is -0.123. The summed E-state index contributed by atoms with van der Waals surface area (Å²) in [6.07, 6.45) is 1.76. The SMILES string of the molecule is CC(C)CCNC(=O)C1CCC(=O)N1c1ccc(F)cc1. The third kappa shape index (κ3) is 3.80. The molecule has 1 aromatic carbocycles. The van der Waals surface area contributed by atoms with Crippen molar-refractivity contribution < 1.29 is 14.0 Å². The van der Waals surface area contributed by atoms with E-state index in [0.29, 0.717) is 31.0 Å². The van der Waals surface area contributed by atoms with Crippen LogP contribution in [0, 0.1) is 11.7 Å². The van der Waals surface area contributed by atoms with E-state index in [1.807, 2.05) is 0 Å². The predicted octanol–water partition coefficient (Wildman–Crippen LogP) is 2.48. The number of hydrogen-bond acceptors (Lipinski definition) is 2. The molecular weight excluding hydrogens is 271 g/mol. The van der Waals surface area contributed by atoms with Crippen LogP contribution in [0.1, 0.15) is 33.1 Å². The molecule has 0 radical (unpaired) electrons. The van der Waals surface area contributed by atoms with Crippen LogP contribution in [-0.2, 0) is 9.59 Å². The van der Waals surface area contributed by atoms with Gasteiger partial charge in [-0.3, -0.25) is 14.5 Å². The summed E-state index contributed by atoms with van der Waals surface area (Å²) in [6, 6.07) is 5.18. The minimum absolute atomic E-state index is 0.0920. The maximum Gasteiger partial charge on any atom is 0.243 e. The van der Waals surface area contributed by atoms with Crippen molar-refractivity contribution in [3.05, 3.63) is 30.1 Å². The maximum atomic E-state index is 13.0. The molecule has 2 rings (SSSR count). The van der Waals surface area contributed by atoms with Gasteiger partial charge in [0.05, 0.1) is 0 Å². The van der Waals surface area contributed by atoms with Crippen molar-refractivity contribution in [3.63, 3.8) is 0 Å². The van der Waals surface area contributed by atoms with E-state index < -0.39 is 6.04 Å². The lowest BCUT2D eigenvalue weighted by Gasteiger charge is -2.24. The highest BCUT2D eigenvalue weighted by Gasteiger charge is 2.36. The largest absolute Gasteiger partial charge is 0.354 e. The Labute approximate surface area is 124 Å². The summed E-state index contributed by atoms with van der Waals surface area (Å²) in [6.45, 7) is 4.80. The molecule has 1 aliphatic rings. The summed E-state index contributed by atoms with van der Waals surface area (Å²) in [4.78, 5) is 25.7. The van der Waals surface area contributed by atoms with Gasteiger partial charge in [-0.1, -0.05) is 13.8 Å². The van der Waals surface area contributed by atoms with Crippen molar-refractivity contribution in [2.45, 2.75) is 39.2 Å². The van der Waals surface area contributed by atoms with Crippen molar-refractivity contribution in [2.75, 3.05) is 11.4 Å². The Morgan fingerprint density at radius 2 is 2.05 bits per heavy atom. The first-order valence-corrected chi connectivity index (χ1v) is 7.34. The molecule has 1 fully saturated rings. The molecule has 1 aromatic rings. The fraction of sp³-hybridized carbons (Fsp3) is 0.500. The minimum Gasteiger partial charge on any atom is -0.354 e. The third-order valence-corrected chi connectivity index (χ3v) is 3.64. The first-order chi connectivity index (χ1) is 9.99. The molecule has 0 bridgehead atoms. The summed E-state index contributed by atoms with van der Waals surface area (Å²) in [7, 11) is 0. The molecule has 0 spiro atoms. The predicted molar refractivity (Wildman–Crippen MR) is 79.4 cm³/mol. The second-order valence-electron chi connectivity index (χ2n) is 5.77. The lowest BCUT2D eigenvalue weighted by atomic mass is 10.1. The van der Waals surface area contributed by atoms with Gasteiger partial charge in [0.1, 0.15) is 11.9 Å². The highest BCUT2D eigenvalue weighted by molar-refractivity contribution is 6.03. The van der Waals surface area contributed by atoms with E-state index in [0.717, 1.165) is 6.42 Å². The normalized spacial score (nSPS) is 18.4. The average molecular weight is 292 g/mol. The van der Waals surface area contributed by atoms with E-state index in [2.05, 4.69) is 19.2 Å². The number of nitrogens with one attached hydrogen (secondary N) is 1. The number of halogens is 1. The summed E-state index contributed by atoms with van der Waals surface area (Å²) in [5.74, 6) is -0.0662. The Bertz CT molecular complexity index is 514. The van der Waals surface area contributed by atoms with Crippen molar-refractivity contribution in [3.8, 4) is 0 Å². The molecule has 1 unspecified atom stereocenters. The lowest BCUT2D eigenvalue weighted by Crippen LogP contribution is -2.45. The van der Waals surface area contributed by atoms with Gasteiger partial charge < -0.3 is 5.32 Å². The van der Waals surface area contributed by atoms with Gasteiger partial charge in [0.25, 0.3) is 0 Å². The highest BCUT2D eigenvalue weighted by atomic mass is 19.1. The zero-order valence-electron chi connectivity index (χ0n) is 12.4. The molecular formula is C16H21FN2O2. The summed E-state index contributed by atoms with van der Waals surface area (Å²) < 4.78 is 13.0. The van der Waals surface area contributed by atoms with Crippen LogP contribution >= 0.6 is 0 Å². The summed E-state index contributed by atoms with van der Waals surface area (Å²) in [5.41, 5.74) is 0.572. The molecule has 114 valence electrons. The Morgan fingerprint density at radius 3 is 2.67 bits per heavy atom. The summed E-state index contributed by atoms with van der Waals surface area (Å²) >= 11 is 0. The fourth-order valence-corrected chi connectivity index (χ4v) is 2.46. The molecule has 1 atom stereocenters. The van der Waals surface area contributed by atoms with Crippen LogP contribution in [0.2, 0.25) is 0 Å². The Balaban J connectivity index is 2.06. The molecule has 21 heavy (non-hydrogen) atoms. The molecule has 4 nitrogen and oxygen atoms in total. The Morgan fingerprint density at radius 1 is 1.38 bits per heavy atom. The first-order valence-electron chi connectivity index (χ1n) is 7.34. The van der Waals surface area contributed by atoms with Crippen molar-refractivity contribution in [1.82, 2.24) is 5.32 Å². The standard InChI is InChI=1S/C16H21FN2O2/c1-11(2)9-10-18-16(21)14-7-8-15(20)19(14)13-5-3-12(17)4-6-13/h3-6,11,14H,7-10H2,1-2H3,(H,18,21). The first kappa shape index (κ1) is 15.5. The van der Waals surface area contributed by atoms with Crippen molar-refractivity contribution in [1.29, 1.82) is 0 Å². The van der Waals surface area contributed by atoms with Crippen LogP contribution in [0.5, 0.6) is 0 Å². The van der Waals surface area contributed by atoms with Gasteiger partial charge in [-0.2, -0.15) is 0 Å². The number of hydrogen-bond donors (Lipinski definition) is 1. The minimum atomic E-state index is -0.491. The zero-order valence-corrected chi connectivity index (χ0v) is 12.4. The quantitative estimate of drug-likeness (QED) is 0.906. The second-order valence-corrected chi connectivity index (χ2v) is 5.77. The van der Waals surface area contributed by atoms with E-state index in [4.69, 9.17) is 0 Å². The maximum absolute atomic E-state index is 13.0. The second kappa shape index (κ2) is 6.70. The molecule has 1 N–H and O–H groups in total. The monoisotopic (exact) mass is 292 g/mol. The van der Waals surface area contributed by atoms with Gasteiger partial charge in [-0.15, -0.1) is 0 Å². The number of carbonyl (C=O) groups is 2. The van der Waals surface area contributed by atoms with Crippen LogP contribution in [0.25, 0.3) is 0 Å². The fourth-order valence-electron chi connectivity index (χ4n) is 2.46. The smallest absolute Gasteiger partial charge is 0.243 e. The molecule has 0 saturated carbocycles. The number of nitrogens with zero attached hydrogens (tertiary/aromatic N) is 1. The molecule has 0 aromatic heterocycles. The van der Waals surface area contributed by atoms with E-state index in [-0.39, 0.29) is 17.6 Å². The van der Waals surface area contributed by atoms with E-state index in [1.54, 1.807) is 0 Å². The van der Waals surface area contributed by atoms with Gasteiger partial charge in [0, 0.05) is 18.7 Å². The van der Waals surface area contributed by atoms with Gasteiger partial charge in [0.15, 0.2) is 0 Å². The average Bonchev–Trinajstić information content (AvgIpc) is 2.81. The van der Waals surface area contributed by atoms with Crippen molar-refractivity contribution in [2.24, 2.45) is 5.92 Å². The Hall–Kier alpha value is -1.91. The molecule has 5 heteroatoms. The van der Waals surface area contributed by atoms with Gasteiger partial charge in [-0.05, 0) is 43.0 Å². The summed E-state index contributed by atoms with van der Waals surface area (Å²) in [5, 5.41) is 2.88. The Kier molecular flexibility index (Phi) is 4.94. The number of carbonyl (C=O) groups excluding carboxylic acids is 2. The number of amides is 2. The van der Waals surface area contributed by atoms with Crippen LogP contribution in [0.3, 0.4) is 0 Å². The number of benzene rings is 1. The van der Waals surface area contributed by atoms with Crippen LogP contribution in [0.15, 0.2) is 24.3 Å².